The molecule has 0 spiro atoms. The van der Waals surface area contributed by atoms with Crippen LogP contribution in [0.25, 0.3) is 21.9 Å². The summed E-state index contributed by atoms with van der Waals surface area (Å²) in [7, 11) is 0. The molecule has 0 bridgehead atoms. The number of fused-ring (bicyclic) bond motifs is 3. The first-order chi connectivity index (χ1) is 25.2. The van der Waals surface area contributed by atoms with Crippen LogP contribution in [0.4, 0.5) is 11.4 Å². The van der Waals surface area contributed by atoms with E-state index in [9.17, 15) is 24.0 Å². The molecule has 2 fully saturated rings. The van der Waals surface area contributed by atoms with Crippen molar-refractivity contribution in [2.45, 2.75) is 70.6 Å². The molecule has 5 aromatic rings. The van der Waals surface area contributed by atoms with E-state index in [0.29, 0.717) is 36.1 Å². The van der Waals surface area contributed by atoms with Gasteiger partial charge in [-0.05, 0) is 94.1 Å². The number of hydrogen-bond donors (Lipinski definition) is 4. The van der Waals surface area contributed by atoms with Gasteiger partial charge in [-0.1, -0.05) is 6.07 Å². The molecule has 1 unspecified atom stereocenters. The molecule has 3 aliphatic heterocycles. The normalized spacial score (nSPS) is 19.1. The average Bonchev–Trinajstić information content (AvgIpc) is 3.90. The fourth-order valence-electron chi connectivity index (χ4n) is 7.52. The van der Waals surface area contributed by atoms with Gasteiger partial charge in [-0.15, -0.1) is 0 Å². The number of rotatable bonds is 11. The second-order valence-electron chi connectivity index (χ2n) is 13.8. The monoisotopic (exact) mass is 701 g/mol. The molecular weight excluding hydrogens is 662 g/mol. The lowest BCUT2D eigenvalue weighted by Gasteiger charge is -2.27. The number of nitrogens with one attached hydrogen (secondary N) is 4. The van der Waals surface area contributed by atoms with Crippen molar-refractivity contribution in [3.63, 3.8) is 0 Å². The zero-order chi connectivity index (χ0) is 35.9. The van der Waals surface area contributed by atoms with Crippen LogP contribution >= 0.6 is 0 Å². The number of unbranched alkanes of at least 4 members (excludes halogenated alkanes) is 1. The van der Waals surface area contributed by atoms with Gasteiger partial charge in [0.2, 0.25) is 11.8 Å². The van der Waals surface area contributed by atoms with Crippen LogP contribution in [0.15, 0.2) is 60.8 Å². The Morgan fingerprint density at radius 3 is 2.71 bits per heavy atom. The molecular formula is C38H39N9O5. The number of likely N-dealkylation sites (tertiary alicyclic amines) is 1. The van der Waals surface area contributed by atoms with Gasteiger partial charge in [0.05, 0.1) is 40.4 Å². The van der Waals surface area contributed by atoms with Crippen molar-refractivity contribution in [3.8, 4) is 0 Å². The fourth-order valence-corrected chi connectivity index (χ4v) is 7.52. The number of aryl methyl sites for hydroxylation is 1. The second-order valence-corrected chi connectivity index (χ2v) is 13.8. The standard InChI is InChI=1S/C38H39N9O5/c1-22-6-5-16-45(22)21-32-42-27-11-10-25(19-29(27)43-32)41-35(49)23-9-12-30-24(18-23)20-40-46(30)17-3-2-15-39-28-8-4-7-26-34(28)38(52)47(37(26)51)31-13-14-33(48)44-36(31)50/h4,7-12,18-20,22,31,39H,2-3,5-6,13-17,21H2,1H3,(H,41,49)(H,42,43)(H,44,48,50)/t22-,31?/m0/s1. The van der Waals surface area contributed by atoms with E-state index in [2.05, 4.69) is 37.9 Å². The summed E-state index contributed by atoms with van der Waals surface area (Å²) in [6.07, 6.45) is 5.90. The summed E-state index contributed by atoms with van der Waals surface area (Å²) in [5, 5.41) is 13.9. The Kier molecular flexibility index (Phi) is 8.75. The molecule has 266 valence electrons. The number of H-pyrrole nitrogens is 1. The van der Waals surface area contributed by atoms with Crippen LogP contribution in [0.2, 0.25) is 0 Å². The number of imide groups is 2. The van der Waals surface area contributed by atoms with Crippen molar-refractivity contribution in [1.82, 2.24) is 34.9 Å². The van der Waals surface area contributed by atoms with E-state index in [1.165, 1.54) is 12.8 Å². The van der Waals surface area contributed by atoms with Crippen molar-refractivity contribution in [1.29, 1.82) is 0 Å². The number of anilines is 2. The minimum atomic E-state index is -1.01. The van der Waals surface area contributed by atoms with E-state index in [4.69, 9.17) is 4.98 Å². The summed E-state index contributed by atoms with van der Waals surface area (Å²) < 4.78 is 1.91. The number of carbonyl (C=O) groups excluding carboxylic acids is 5. The van der Waals surface area contributed by atoms with Crippen LogP contribution in [0.1, 0.15) is 82.3 Å². The highest BCUT2D eigenvalue weighted by Gasteiger charge is 2.45. The Labute approximate surface area is 298 Å². The van der Waals surface area contributed by atoms with E-state index >= 15 is 0 Å². The van der Waals surface area contributed by atoms with Crippen molar-refractivity contribution in [2.75, 3.05) is 23.7 Å². The average molecular weight is 702 g/mol. The quantitative estimate of drug-likeness (QED) is 0.115. The number of aromatic nitrogens is 4. The summed E-state index contributed by atoms with van der Waals surface area (Å²) in [6.45, 7) is 5.32. The summed E-state index contributed by atoms with van der Waals surface area (Å²) in [6, 6.07) is 15.8. The molecule has 4 N–H and O–H groups in total. The van der Waals surface area contributed by atoms with Crippen molar-refractivity contribution >= 4 is 62.8 Å². The Morgan fingerprint density at radius 1 is 1.00 bits per heavy atom. The van der Waals surface area contributed by atoms with Crippen LogP contribution in [-0.2, 0) is 22.7 Å². The SMILES string of the molecule is C[C@H]1CCCN1Cc1nc2ccc(NC(=O)c3ccc4c(cnn4CCCCNc4cccc5c4C(=O)N(C4CCC(=O)NC4=O)C5=O)c3)cc2[nH]1. The molecule has 5 heterocycles. The Morgan fingerprint density at radius 2 is 1.88 bits per heavy atom. The molecule has 5 amide bonds. The molecule has 2 atom stereocenters. The van der Waals surface area contributed by atoms with E-state index in [-0.39, 0.29) is 29.9 Å². The van der Waals surface area contributed by atoms with Crippen LogP contribution in [-0.4, -0.2) is 84.3 Å². The number of hydrogen-bond acceptors (Lipinski definition) is 9. The van der Waals surface area contributed by atoms with Gasteiger partial charge in [-0.3, -0.25) is 43.8 Å². The molecule has 2 aromatic heterocycles. The first kappa shape index (κ1) is 33.3. The summed E-state index contributed by atoms with van der Waals surface area (Å²) >= 11 is 0. The number of piperidine rings is 1. The number of carbonyl (C=O) groups is 5. The van der Waals surface area contributed by atoms with Gasteiger partial charge in [0.1, 0.15) is 11.9 Å². The minimum Gasteiger partial charge on any atom is -0.384 e. The topological polar surface area (TPSA) is 174 Å². The summed E-state index contributed by atoms with van der Waals surface area (Å²) in [5.74, 6) is -1.39. The summed E-state index contributed by atoms with van der Waals surface area (Å²) in [4.78, 5) is 75.2. The van der Waals surface area contributed by atoms with Gasteiger partial charge < -0.3 is 15.6 Å². The summed E-state index contributed by atoms with van der Waals surface area (Å²) in [5.41, 5.74) is 4.92. The first-order valence-electron chi connectivity index (χ1n) is 17.8. The lowest BCUT2D eigenvalue weighted by molar-refractivity contribution is -0.136. The van der Waals surface area contributed by atoms with Crippen LogP contribution in [0.5, 0.6) is 0 Å². The zero-order valence-corrected chi connectivity index (χ0v) is 28.8. The predicted octanol–water partition coefficient (Wildman–Crippen LogP) is 4.44. The second kappa shape index (κ2) is 13.7. The molecule has 3 aromatic carbocycles. The van der Waals surface area contributed by atoms with Crippen LogP contribution in [0.3, 0.4) is 0 Å². The number of aromatic amines is 1. The smallest absolute Gasteiger partial charge is 0.264 e. The third-order valence-corrected chi connectivity index (χ3v) is 10.3. The van der Waals surface area contributed by atoms with Crippen LogP contribution < -0.4 is 16.0 Å². The van der Waals surface area contributed by atoms with Gasteiger partial charge in [0, 0.05) is 47.9 Å². The number of imidazole rings is 1. The van der Waals surface area contributed by atoms with Crippen molar-refractivity contribution < 1.29 is 24.0 Å². The largest absolute Gasteiger partial charge is 0.384 e. The molecule has 0 saturated carbocycles. The molecule has 52 heavy (non-hydrogen) atoms. The third-order valence-electron chi connectivity index (χ3n) is 10.3. The Bertz CT molecular complexity index is 2260. The third kappa shape index (κ3) is 6.30. The highest BCUT2D eigenvalue weighted by atomic mass is 16.2. The molecule has 8 rings (SSSR count). The zero-order valence-electron chi connectivity index (χ0n) is 28.8. The van der Waals surface area contributed by atoms with Gasteiger partial charge in [-0.2, -0.15) is 5.10 Å². The lowest BCUT2D eigenvalue weighted by Crippen LogP contribution is -2.54. The van der Waals surface area contributed by atoms with Gasteiger partial charge in [-0.25, -0.2) is 4.98 Å². The van der Waals surface area contributed by atoms with Crippen molar-refractivity contribution in [2.24, 2.45) is 0 Å². The first-order valence-corrected chi connectivity index (χ1v) is 17.8. The van der Waals surface area contributed by atoms with E-state index in [0.717, 1.165) is 58.6 Å². The molecule has 0 aliphatic carbocycles. The molecule has 3 aliphatic rings. The van der Waals surface area contributed by atoms with E-state index in [1.807, 2.05) is 35.0 Å². The van der Waals surface area contributed by atoms with Crippen molar-refractivity contribution in [3.05, 3.63) is 83.3 Å². The maximum Gasteiger partial charge on any atom is 0.264 e. The number of nitrogens with zero attached hydrogens (tertiary/aromatic N) is 5. The molecule has 0 radical (unpaired) electrons. The number of benzene rings is 3. The predicted molar refractivity (Wildman–Crippen MR) is 194 cm³/mol. The Hall–Kier alpha value is -5.89. The highest BCUT2D eigenvalue weighted by Crippen LogP contribution is 2.32. The minimum absolute atomic E-state index is 0.0700. The molecule has 14 heteroatoms. The van der Waals surface area contributed by atoms with Gasteiger partial charge in [0.25, 0.3) is 17.7 Å². The highest BCUT2D eigenvalue weighted by molar-refractivity contribution is 6.25. The fraction of sp³-hybridized carbons (Fsp3) is 0.342. The maximum absolute atomic E-state index is 13.3. The van der Waals surface area contributed by atoms with Crippen LogP contribution in [0, 0.1) is 0 Å². The number of amides is 5. The molecule has 14 nitrogen and oxygen atoms in total. The van der Waals surface area contributed by atoms with Gasteiger partial charge in [0.15, 0.2) is 0 Å². The van der Waals surface area contributed by atoms with E-state index < -0.39 is 29.7 Å². The molecule has 2 saturated heterocycles. The van der Waals surface area contributed by atoms with E-state index in [1.54, 1.807) is 30.5 Å². The van der Waals surface area contributed by atoms with Gasteiger partial charge >= 0.3 is 0 Å². The Balaban J connectivity index is 0.850. The lowest BCUT2D eigenvalue weighted by atomic mass is 10.0. The maximum atomic E-state index is 13.3.